The van der Waals surface area contributed by atoms with Crippen molar-refractivity contribution in [2.24, 2.45) is 0 Å². The first kappa shape index (κ1) is 21.0. The number of aliphatic hydroxyl groups excluding tert-OH is 1. The van der Waals surface area contributed by atoms with Crippen molar-refractivity contribution in [1.29, 1.82) is 0 Å². The molecule has 6 rings (SSSR count). The number of rotatable bonds is 4. The molecule has 174 valence electrons. The number of fused-ring (bicyclic) bond motifs is 3. The molecule has 34 heavy (non-hydrogen) atoms. The fourth-order valence-electron chi connectivity index (χ4n) is 4.80. The number of ether oxygens (including phenoxy) is 2. The Morgan fingerprint density at radius 2 is 1.82 bits per heavy atom. The first-order chi connectivity index (χ1) is 16.7. The summed E-state index contributed by atoms with van der Waals surface area (Å²) in [7, 11) is 1.68. The van der Waals surface area contributed by atoms with Crippen molar-refractivity contribution < 1.29 is 14.6 Å². The molecule has 4 aromatic rings. The number of pyridine rings is 1. The zero-order chi connectivity index (χ0) is 23.1. The lowest BCUT2D eigenvalue weighted by Gasteiger charge is -2.29. The molecule has 1 saturated heterocycles. The molecule has 0 unspecified atom stereocenters. The number of benzene rings is 1. The summed E-state index contributed by atoms with van der Waals surface area (Å²) >= 11 is 0. The van der Waals surface area contributed by atoms with Crippen LogP contribution in [-0.2, 0) is 11.3 Å². The third-order valence-electron chi connectivity index (χ3n) is 6.61. The summed E-state index contributed by atoms with van der Waals surface area (Å²) in [5.74, 6) is 2.35. The molecular formula is C25H26N6O3. The molecule has 0 amide bonds. The molecule has 0 bridgehead atoms. The number of aliphatic hydroxyl groups is 1. The first-order valence-electron chi connectivity index (χ1n) is 11.5. The lowest BCUT2D eigenvalue weighted by molar-refractivity contribution is 0.0670. The summed E-state index contributed by atoms with van der Waals surface area (Å²) in [6.07, 6.45) is 4.89. The van der Waals surface area contributed by atoms with Gasteiger partial charge in [-0.05, 0) is 31.0 Å². The summed E-state index contributed by atoms with van der Waals surface area (Å²) in [5.41, 5.74) is 4.31. The SMILES string of the molecule is COc1ccccc1[C@H]1COCc2nc3ccc(-c4cnc(N5CCC(O)CC5)nc4)nc3n21. The van der Waals surface area contributed by atoms with E-state index in [9.17, 15) is 5.11 Å². The van der Waals surface area contributed by atoms with E-state index in [-0.39, 0.29) is 12.1 Å². The van der Waals surface area contributed by atoms with Crippen molar-refractivity contribution >= 4 is 17.1 Å². The van der Waals surface area contributed by atoms with Crippen LogP contribution in [0.15, 0.2) is 48.8 Å². The molecule has 9 heteroatoms. The molecular weight excluding hydrogens is 432 g/mol. The van der Waals surface area contributed by atoms with Gasteiger partial charge in [-0.25, -0.2) is 19.9 Å². The van der Waals surface area contributed by atoms with Crippen molar-refractivity contribution in [3.8, 4) is 17.0 Å². The van der Waals surface area contributed by atoms with E-state index >= 15 is 0 Å². The van der Waals surface area contributed by atoms with E-state index in [4.69, 9.17) is 19.4 Å². The number of aromatic nitrogens is 5. The second kappa shape index (κ2) is 8.66. The second-order valence-corrected chi connectivity index (χ2v) is 8.70. The summed E-state index contributed by atoms with van der Waals surface area (Å²) in [6, 6.07) is 11.9. The van der Waals surface area contributed by atoms with Gasteiger partial charge in [0.25, 0.3) is 0 Å². The van der Waals surface area contributed by atoms with Gasteiger partial charge in [-0.15, -0.1) is 0 Å². The van der Waals surface area contributed by atoms with Gasteiger partial charge in [-0.1, -0.05) is 18.2 Å². The van der Waals surface area contributed by atoms with Crippen molar-refractivity contribution in [2.75, 3.05) is 31.7 Å². The molecule has 2 aliphatic rings. The Labute approximate surface area is 197 Å². The van der Waals surface area contributed by atoms with Gasteiger partial charge in [-0.2, -0.15) is 0 Å². The Morgan fingerprint density at radius 1 is 1.03 bits per heavy atom. The highest BCUT2D eigenvalue weighted by Crippen LogP contribution is 2.35. The Morgan fingerprint density at radius 3 is 2.62 bits per heavy atom. The van der Waals surface area contributed by atoms with Crippen LogP contribution >= 0.6 is 0 Å². The largest absolute Gasteiger partial charge is 0.496 e. The smallest absolute Gasteiger partial charge is 0.225 e. The fourth-order valence-corrected chi connectivity index (χ4v) is 4.80. The van der Waals surface area contributed by atoms with Crippen molar-refractivity contribution in [1.82, 2.24) is 24.5 Å². The number of anilines is 1. The highest BCUT2D eigenvalue weighted by atomic mass is 16.5. The van der Waals surface area contributed by atoms with E-state index in [1.54, 1.807) is 7.11 Å². The molecule has 9 nitrogen and oxygen atoms in total. The normalized spacial score (nSPS) is 18.8. The Balaban J connectivity index is 1.36. The molecule has 0 spiro atoms. The van der Waals surface area contributed by atoms with E-state index in [0.29, 0.717) is 19.2 Å². The number of hydrogen-bond donors (Lipinski definition) is 1. The molecule has 1 aromatic carbocycles. The second-order valence-electron chi connectivity index (χ2n) is 8.70. The van der Waals surface area contributed by atoms with Gasteiger partial charge in [0.15, 0.2) is 5.65 Å². The Bertz CT molecular complexity index is 1310. The topological polar surface area (TPSA) is 98.4 Å². The number of para-hydroxylation sites is 1. The van der Waals surface area contributed by atoms with Crippen LogP contribution in [-0.4, -0.2) is 62.5 Å². The zero-order valence-electron chi connectivity index (χ0n) is 19.0. The third-order valence-corrected chi connectivity index (χ3v) is 6.61. The number of piperidine rings is 1. The van der Waals surface area contributed by atoms with Gasteiger partial charge in [-0.3, -0.25) is 0 Å². The summed E-state index contributed by atoms with van der Waals surface area (Å²) < 4.78 is 13.7. The maximum atomic E-state index is 9.74. The van der Waals surface area contributed by atoms with E-state index in [0.717, 1.165) is 65.5 Å². The van der Waals surface area contributed by atoms with E-state index in [1.165, 1.54) is 0 Å². The average molecular weight is 459 g/mol. The molecule has 3 aromatic heterocycles. The predicted molar refractivity (Wildman–Crippen MR) is 127 cm³/mol. The summed E-state index contributed by atoms with van der Waals surface area (Å²) in [5, 5.41) is 9.74. The van der Waals surface area contributed by atoms with Crippen LogP contribution < -0.4 is 9.64 Å². The summed E-state index contributed by atoms with van der Waals surface area (Å²) in [6.45, 7) is 2.49. The van der Waals surface area contributed by atoms with E-state index < -0.39 is 0 Å². The molecule has 0 aliphatic carbocycles. The van der Waals surface area contributed by atoms with Crippen molar-refractivity contribution in [2.45, 2.75) is 31.6 Å². The maximum absolute atomic E-state index is 9.74. The number of nitrogens with zero attached hydrogens (tertiary/aromatic N) is 6. The minimum atomic E-state index is -0.224. The maximum Gasteiger partial charge on any atom is 0.225 e. The highest BCUT2D eigenvalue weighted by Gasteiger charge is 2.28. The quantitative estimate of drug-likeness (QED) is 0.498. The average Bonchev–Trinajstić information content (AvgIpc) is 3.27. The van der Waals surface area contributed by atoms with Crippen molar-refractivity contribution in [3.05, 3.63) is 60.2 Å². The number of hydrogen-bond acceptors (Lipinski definition) is 8. The molecule has 1 fully saturated rings. The Hall–Kier alpha value is -3.56. The van der Waals surface area contributed by atoms with Crippen molar-refractivity contribution in [3.63, 3.8) is 0 Å². The summed E-state index contributed by atoms with van der Waals surface area (Å²) in [4.78, 5) is 21.0. The van der Waals surface area contributed by atoms with Gasteiger partial charge in [0.2, 0.25) is 5.95 Å². The minimum absolute atomic E-state index is 0.0827. The van der Waals surface area contributed by atoms with Crippen LogP contribution in [0.1, 0.15) is 30.3 Å². The third kappa shape index (κ3) is 3.66. The van der Waals surface area contributed by atoms with Gasteiger partial charge < -0.3 is 24.0 Å². The minimum Gasteiger partial charge on any atom is -0.496 e. The standard InChI is InChI=1S/C25H26N6O3/c1-33-22-5-3-2-4-18(22)21-14-34-15-23-28-20-7-6-19(29-24(20)31(21)23)16-12-26-25(27-13-16)30-10-8-17(32)9-11-30/h2-7,12-13,17,21,32H,8-11,14-15H2,1H3/t21-/m1/s1. The van der Waals surface area contributed by atoms with E-state index in [1.807, 2.05) is 42.7 Å². The van der Waals surface area contributed by atoms with Crippen LogP contribution in [0.25, 0.3) is 22.4 Å². The molecule has 5 heterocycles. The number of methoxy groups -OCH3 is 1. The fraction of sp³-hybridized carbons (Fsp3) is 0.360. The Kier molecular flexibility index (Phi) is 5.35. The molecule has 1 atom stereocenters. The molecule has 0 saturated carbocycles. The lowest BCUT2D eigenvalue weighted by Crippen LogP contribution is -2.36. The van der Waals surface area contributed by atoms with Crippen LogP contribution in [0.5, 0.6) is 5.75 Å². The molecule has 2 aliphatic heterocycles. The van der Waals surface area contributed by atoms with E-state index in [2.05, 4.69) is 25.5 Å². The zero-order valence-corrected chi connectivity index (χ0v) is 19.0. The molecule has 1 N–H and O–H groups in total. The monoisotopic (exact) mass is 458 g/mol. The van der Waals surface area contributed by atoms with Crippen LogP contribution in [0, 0.1) is 0 Å². The predicted octanol–water partition coefficient (Wildman–Crippen LogP) is 2.98. The van der Waals surface area contributed by atoms with Gasteiger partial charge >= 0.3 is 0 Å². The van der Waals surface area contributed by atoms with Crippen LogP contribution in [0.3, 0.4) is 0 Å². The highest BCUT2D eigenvalue weighted by molar-refractivity contribution is 5.76. The van der Waals surface area contributed by atoms with Crippen LogP contribution in [0.4, 0.5) is 5.95 Å². The van der Waals surface area contributed by atoms with Gasteiger partial charge in [0.1, 0.15) is 23.7 Å². The first-order valence-corrected chi connectivity index (χ1v) is 11.5. The molecule has 0 radical (unpaired) electrons. The lowest BCUT2D eigenvalue weighted by atomic mass is 10.1. The number of imidazole rings is 1. The van der Waals surface area contributed by atoms with Crippen LogP contribution in [0.2, 0.25) is 0 Å². The van der Waals surface area contributed by atoms with Gasteiger partial charge in [0.05, 0.1) is 31.6 Å². The van der Waals surface area contributed by atoms with Gasteiger partial charge in [0, 0.05) is 36.6 Å².